The molecule has 5 rings (SSSR count). The summed E-state index contributed by atoms with van der Waals surface area (Å²) in [5.74, 6) is -0.387. The highest BCUT2D eigenvalue weighted by molar-refractivity contribution is 9.10. The van der Waals surface area contributed by atoms with Crippen LogP contribution in [0.3, 0.4) is 0 Å². The SMILES string of the molecule is COC(=O)c1ccccc1-n1cccc1[C@@H]1[C@H](c2ccccn2)NC(=S)N1c1ccc(Br)c(C)c1. The van der Waals surface area contributed by atoms with Gasteiger partial charge in [-0.05, 0) is 79.3 Å². The van der Waals surface area contributed by atoms with E-state index in [1.165, 1.54) is 7.11 Å². The summed E-state index contributed by atoms with van der Waals surface area (Å²) in [7, 11) is 1.39. The molecule has 8 heteroatoms. The molecular weight excluding hydrogens is 524 g/mol. The summed E-state index contributed by atoms with van der Waals surface area (Å²) < 4.78 is 8.12. The number of thiocarbonyl (C=S) groups is 1. The minimum atomic E-state index is -0.387. The van der Waals surface area contributed by atoms with Gasteiger partial charge in [0.15, 0.2) is 5.11 Å². The van der Waals surface area contributed by atoms with Gasteiger partial charge in [-0.3, -0.25) is 4.98 Å². The predicted molar refractivity (Wildman–Crippen MR) is 144 cm³/mol. The van der Waals surface area contributed by atoms with Crippen LogP contribution < -0.4 is 10.2 Å². The number of pyridine rings is 1. The van der Waals surface area contributed by atoms with Crippen molar-refractivity contribution in [2.24, 2.45) is 0 Å². The molecule has 1 saturated heterocycles. The minimum absolute atomic E-state index is 0.202. The normalized spacial score (nSPS) is 17.3. The summed E-state index contributed by atoms with van der Waals surface area (Å²) in [6.07, 6.45) is 3.74. The number of hydrogen-bond donors (Lipinski definition) is 1. The molecule has 2 aromatic carbocycles. The molecule has 0 amide bonds. The quantitative estimate of drug-likeness (QED) is 0.248. The van der Waals surface area contributed by atoms with Gasteiger partial charge < -0.3 is 19.5 Å². The van der Waals surface area contributed by atoms with Crippen molar-refractivity contribution in [1.82, 2.24) is 14.9 Å². The van der Waals surface area contributed by atoms with Crippen molar-refractivity contribution in [2.45, 2.75) is 19.0 Å². The summed E-state index contributed by atoms with van der Waals surface area (Å²) in [6.45, 7) is 2.06. The Balaban J connectivity index is 1.70. The third-order valence-electron chi connectivity index (χ3n) is 6.17. The lowest BCUT2D eigenvalue weighted by Crippen LogP contribution is -2.30. The maximum Gasteiger partial charge on any atom is 0.339 e. The molecule has 0 aliphatic carbocycles. The van der Waals surface area contributed by atoms with E-state index in [4.69, 9.17) is 17.0 Å². The van der Waals surface area contributed by atoms with Gasteiger partial charge in [0.05, 0.1) is 30.1 Å². The Morgan fingerprint density at radius 3 is 2.63 bits per heavy atom. The summed E-state index contributed by atoms with van der Waals surface area (Å²) in [4.78, 5) is 19.3. The van der Waals surface area contributed by atoms with Crippen molar-refractivity contribution in [2.75, 3.05) is 12.0 Å². The van der Waals surface area contributed by atoms with E-state index in [2.05, 4.69) is 56.3 Å². The highest BCUT2D eigenvalue weighted by Gasteiger charge is 2.42. The molecule has 2 aromatic heterocycles. The maximum atomic E-state index is 12.6. The Labute approximate surface area is 217 Å². The van der Waals surface area contributed by atoms with E-state index in [0.29, 0.717) is 10.7 Å². The lowest BCUT2D eigenvalue weighted by molar-refractivity contribution is 0.0600. The first kappa shape index (κ1) is 23.3. The number of ether oxygens (including phenoxy) is 1. The van der Waals surface area contributed by atoms with E-state index in [-0.39, 0.29) is 18.1 Å². The van der Waals surface area contributed by atoms with Gasteiger partial charge in [0, 0.05) is 28.2 Å². The van der Waals surface area contributed by atoms with Crippen LogP contribution in [-0.4, -0.2) is 27.7 Å². The Morgan fingerprint density at radius 2 is 1.89 bits per heavy atom. The lowest BCUT2D eigenvalue weighted by atomic mass is 10.00. The Morgan fingerprint density at radius 1 is 1.09 bits per heavy atom. The zero-order valence-electron chi connectivity index (χ0n) is 19.2. The molecule has 3 heterocycles. The van der Waals surface area contributed by atoms with Crippen molar-refractivity contribution in [1.29, 1.82) is 0 Å². The highest BCUT2D eigenvalue weighted by atomic mass is 79.9. The van der Waals surface area contributed by atoms with Crippen LogP contribution in [0.25, 0.3) is 5.69 Å². The van der Waals surface area contributed by atoms with Gasteiger partial charge in [0.25, 0.3) is 0 Å². The number of halogens is 1. The molecule has 1 aliphatic heterocycles. The van der Waals surface area contributed by atoms with Gasteiger partial charge in [-0.2, -0.15) is 0 Å². The van der Waals surface area contributed by atoms with Gasteiger partial charge in [-0.25, -0.2) is 4.79 Å². The average molecular weight is 547 g/mol. The van der Waals surface area contributed by atoms with Crippen LogP contribution in [0, 0.1) is 6.92 Å². The summed E-state index contributed by atoms with van der Waals surface area (Å²) in [6, 6.07) is 23.1. The van der Waals surface area contributed by atoms with E-state index in [1.54, 1.807) is 12.3 Å². The van der Waals surface area contributed by atoms with Gasteiger partial charge in [0.1, 0.15) is 6.04 Å². The van der Waals surface area contributed by atoms with E-state index in [9.17, 15) is 4.79 Å². The van der Waals surface area contributed by atoms with E-state index in [0.717, 1.165) is 32.8 Å². The number of methoxy groups -OCH3 is 1. The third kappa shape index (κ3) is 4.24. The van der Waals surface area contributed by atoms with Gasteiger partial charge in [-0.15, -0.1) is 0 Å². The summed E-state index contributed by atoms with van der Waals surface area (Å²) in [5, 5.41) is 4.11. The van der Waals surface area contributed by atoms with Crippen LogP contribution in [0.5, 0.6) is 0 Å². The first-order valence-corrected chi connectivity index (χ1v) is 12.3. The molecule has 0 unspecified atom stereocenters. The number of esters is 1. The fourth-order valence-electron chi connectivity index (χ4n) is 4.53. The number of anilines is 1. The van der Waals surface area contributed by atoms with Gasteiger partial charge in [0.2, 0.25) is 0 Å². The minimum Gasteiger partial charge on any atom is -0.465 e. The van der Waals surface area contributed by atoms with Gasteiger partial charge >= 0.3 is 5.97 Å². The highest BCUT2D eigenvalue weighted by Crippen LogP contribution is 2.43. The largest absolute Gasteiger partial charge is 0.465 e. The van der Waals surface area contributed by atoms with Crippen LogP contribution >= 0.6 is 28.1 Å². The molecule has 0 radical (unpaired) electrons. The second-order valence-corrected chi connectivity index (χ2v) is 9.48. The predicted octanol–water partition coefficient (Wildman–Crippen LogP) is 5.91. The molecule has 2 atom stereocenters. The molecular formula is C27H23BrN4O2S. The number of nitrogens with zero attached hydrogens (tertiary/aromatic N) is 3. The molecule has 0 saturated carbocycles. The van der Waals surface area contributed by atoms with Crippen molar-refractivity contribution < 1.29 is 9.53 Å². The molecule has 1 aliphatic rings. The second kappa shape index (κ2) is 9.64. The smallest absolute Gasteiger partial charge is 0.339 e. The van der Waals surface area contributed by atoms with Crippen LogP contribution in [0.4, 0.5) is 5.69 Å². The fraction of sp³-hybridized carbons (Fsp3) is 0.148. The number of para-hydroxylation sites is 1. The number of carbonyl (C=O) groups is 1. The summed E-state index contributed by atoms with van der Waals surface area (Å²) >= 11 is 9.47. The molecule has 4 aromatic rings. The average Bonchev–Trinajstić information content (AvgIpc) is 3.50. The van der Waals surface area contributed by atoms with E-state index in [1.807, 2.05) is 59.3 Å². The standard InChI is InChI=1S/C27H23BrN4O2S/c1-17-16-18(12-13-20(17)28)32-25(24(30-27(32)35)21-9-5-6-14-29-21)23-11-7-15-31(23)22-10-4-3-8-19(22)26(33)34-2/h3-16,24-25H,1-2H3,(H,30,35)/t24-,25+/m0/s1. The van der Waals surface area contributed by atoms with E-state index < -0.39 is 0 Å². The number of hydrogen-bond acceptors (Lipinski definition) is 4. The molecule has 1 N–H and O–H groups in total. The number of rotatable bonds is 5. The molecule has 1 fully saturated rings. The zero-order valence-corrected chi connectivity index (χ0v) is 21.6. The first-order valence-electron chi connectivity index (χ1n) is 11.1. The molecule has 35 heavy (non-hydrogen) atoms. The molecule has 0 spiro atoms. The number of aryl methyl sites for hydroxylation is 1. The van der Waals surface area contributed by atoms with Crippen molar-refractivity contribution in [3.63, 3.8) is 0 Å². The Kier molecular flexibility index (Phi) is 6.40. The van der Waals surface area contributed by atoms with Crippen LogP contribution in [-0.2, 0) is 4.74 Å². The fourth-order valence-corrected chi connectivity index (χ4v) is 5.13. The number of benzene rings is 2. The van der Waals surface area contributed by atoms with E-state index >= 15 is 0 Å². The van der Waals surface area contributed by atoms with Crippen LogP contribution in [0.1, 0.15) is 39.4 Å². The number of carbonyl (C=O) groups excluding carboxylic acids is 1. The number of aromatic nitrogens is 2. The van der Waals surface area contributed by atoms with Crippen LogP contribution in [0.2, 0.25) is 0 Å². The van der Waals surface area contributed by atoms with Gasteiger partial charge in [-0.1, -0.05) is 34.1 Å². The van der Waals surface area contributed by atoms with Crippen LogP contribution in [0.15, 0.2) is 89.7 Å². The maximum absolute atomic E-state index is 12.6. The molecule has 0 bridgehead atoms. The third-order valence-corrected chi connectivity index (χ3v) is 7.37. The molecule has 176 valence electrons. The van der Waals surface area contributed by atoms with Crippen molar-refractivity contribution in [3.05, 3.63) is 112 Å². The monoisotopic (exact) mass is 546 g/mol. The van der Waals surface area contributed by atoms with Crippen molar-refractivity contribution >= 4 is 44.9 Å². The topological polar surface area (TPSA) is 59.4 Å². The zero-order chi connectivity index (χ0) is 24.5. The Bertz CT molecular complexity index is 1410. The first-order chi connectivity index (χ1) is 17.0. The summed E-state index contributed by atoms with van der Waals surface area (Å²) in [5.41, 5.74) is 5.15. The molecule has 6 nitrogen and oxygen atoms in total. The number of nitrogens with one attached hydrogen (secondary N) is 1. The second-order valence-electron chi connectivity index (χ2n) is 8.24. The Hall–Kier alpha value is -3.49. The van der Waals surface area contributed by atoms with Crippen molar-refractivity contribution in [3.8, 4) is 5.69 Å². The lowest BCUT2D eigenvalue weighted by Gasteiger charge is -2.29.